The zero-order valence-corrected chi connectivity index (χ0v) is 16.8. The van der Waals surface area contributed by atoms with Crippen molar-refractivity contribution in [2.24, 2.45) is 0 Å². The van der Waals surface area contributed by atoms with E-state index in [0.29, 0.717) is 59.0 Å². The first-order chi connectivity index (χ1) is 14.5. The Morgan fingerprint density at radius 2 is 2.07 bits per heavy atom. The second kappa shape index (κ2) is 7.39. The number of aliphatic hydroxyl groups is 2. The van der Waals surface area contributed by atoms with Crippen LogP contribution in [0.5, 0.6) is 5.75 Å². The lowest BCUT2D eigenvalue weighted by Gasteiger charge is -2.24. The molecule has 5 rings (SSSR count). The highest BCUT2D eigenvalue weighted by Crippen LogP contribution is 2.40. The van der Waals surface area contributed by atoms with Crippen molar-refractivity contribution in [1.82, 2.24) is 14.9 Å². The summed E-state index contributed by atoms with van der Waals surface area (Å²) in [7, 11) is 0. The Labute approximate surface area is 177 Å². The van der Waals surface area contributed by atoms with Crippen LogP contribution in [0.1, 0.15) is 23.6 Å². The van der Waals surface area contributed by atoms with Crippen molar-refractivity contribution in [2.45, 2.75) is 43.7 Å². The molecule has 5 N–H and O–H groups in total. The molecule has 0 spiro atoms. The van der Waals surface area contributed by atoms with Crippen molar-refractivity contribution in [3.63, 3.8) is 0 Å². The van der Waals surface area contributed by atoms with Gasteiger partial charge in [0, 0.05) is 36.6 Å². The lowest BCUT2D eigenvalue weighted by Crippen LogP contribution is -2.35. The van der Waals surface area contributed by atoms with Crippen LogP contribution in [0, 0.1) is 5.82 Å². The third-order valence-corrected chi connectivity index (χ3v) is 6.40. The number of nitrogens with zero attached hydrogens (tertiary/aromatic N) is 2. The van der Waals surface area contributed by atoms with Crippen LogP contribution in [-0.4, -0.2) is 44.6 Å². The van der Waals surface area contributed by atoms with Crippen molar-refractivity contribution in [2.75, 3.05) is 12.3 Å². The molecule has 0 bridgehead atoms. The highest BCUT2D eigenvalue weighted by atomic mass is 35.5. The van der Waals surface area contributed by atoms with Crippen LogP contribution in [0.25, 0.3) is 11.0 Å². The van der Waals surface area contributed by atoms with Crippen molar-refractivity contribution in [3.05, 3.63) is 52.6 Å². The summed E-state index contributed by atoms with van der Waals surface area (Å²) < 4.78 is 22.0. The fourth-order valence-corrected chi connectivity index (χ4v) is 4.87. The average molecular weight is 433 g/mol. The molecular weight excluding hydrogens is 411 g/mol. The van der Waals surface area contributed by atoms with E-state index in [1.165, 1.54) is 6.07 Å². The minimum Gasteiger partial charge on any atom is -0.487 e. The average Bonchev–Trinajstić information content (AvgIpc) is 3.22. The van der Waals surface area contributed by atoms with E-state index in [2.05, 4.69) is 10.3 Å². The Morgan fingerprint density at radius 3 is 2.90 bits per heavy atom. The molecule has 1 aliphatic carbocycles. The Kier molecular flexibility index (Phi) is 4.82. The van der Waals surface area contributed by atoms with Crippen LogP contribution in [-0.2, 0) is 13.0 Å². The Hall–Kier alpha value is -2.39. The molecule has 0 radical (unpaired) electrons. The lowest BCUT2D eigenvalue weighted by atomic mass is 9.99. The molecular formula is C21H22ClFN4O3. The fourth-order valence-electron chi connectivity index (χ4n) is 4.57. The molecule has 2 aliphatic rings. The second-order valence-electron chi connectivity index (χ2n) is 7.85. The number of fused-ring (bicyclic) bond motifs is 2. The molecule has 30 heavy (non-hydrogen) atoms. The standard InChI is InChI=1S/C21H22ClFN4O3/c22-12-9-27(21-18(12)14(24)4-6-26-21)15-7-17(20(29)19(15)28)30-16-2-1-13(23)10-3-5-25-8-11(10)16/h1-2,4,6,9,15,17,19-20,25,28-29H,3,5,7-8H2,(H2,24,26)/t15?,17?,19-,20+/m0/s1. The maximum atomic E-state index is 14.2. The number of benzene rings is 1. The predicted molar refractivity (Wildman–Crippen MR) is 111 cm³/mol. The van der Waals surface area contributed by atoms with Gasteiger partial charge in [-0.15, -0.1) is 0 Å². The number of nitrogen functional groups attached to an aromatic ring is 1. The van der Waals surface area contributed by atoms with Crippen molar-refractivity contribution in [3.8, 4) is 5.75 Å². The minimum absolute atomic E-state index is 0.249. The van der Waals surface area contributed by atoms with Crippen molar-refractivity contribution < 1.29 is 19.3 Å². The third-order valence-electron chi connectivity index (χ3n) is 6.12. The van der Waals surface area contributed by atoms with Gasteiger partial charge < -0.3 is 30.6 Å². The zero-order valence-electron chi connectivity index (χ0n) is 16.1. The number of aliphatic hydroxyl groups excluding tert-OH is 2. The summed E-state index contributed by atoms with van der Waals surface area (Å²) >= 11 is 6.35. The number of aromatic nitrogens is 2. The maximum Gasteiger partial charge on any atom is 0.143 e. The topological polar surface area (TPSA) is 106 Å². The normalized spacial score (nSPS) is 26.1. The van der Waals surface area contributed by atoms with E-state index in [4.69, 9.17) is 22.1 Å². The molecule has 1 aromatic carbocycles. The first kappa shape index (κ1) is 19.6. The molecule has 9 heteroatoms. The molecule has 0 amide bonds. The smallest absolute Gasteiger partial charge is 0.143 e. The summed E-state index contributed by atoms with van der Waals surface area (Å²) in [5.41, 5.74) is 8.46. The van der Waals surface area contributed by atoms with E-state index in [1.807, 2.05) is 0 Å². The first-order valence-corrected chi connectivity index (χ1v) is 10.3. The molecule has 0 saturated heterocycles. The SMILES string of the molecule is Nc1ccnc2c1c(Cl)cn2C1CC(Oc2ccc(F)c3c2CNCC3)[C@@H](O)[C@H]1O. The van der Waals surface area contributed by atoms with Crippen LogP contribution in [0.15, 0.2) is 30.6 Å². The Morgan fingerprint density at radius 1 is 1.23 bits per heavy atom. The van der Waals surface area contributed by atoms with Crippen LogP contribution in [0.4, 0.5) is 10.1 Å². The first-order valence-electron chi connectivity index (χ1n) is 9.90. The number of nitrogens with one attached hydrogen (secondary N) is 1. The quantitative estimate of drug-likeness (QED) is 0.505. The number of rotatable bonds is 3. The van der Waals surface area contributed by atoms with E-state index < -0.39 is 24.4 Å². The molecule has 4 atom stereocenters. The minimum atomic E-state index is -1.12. The van der Waals surface area contributed by atoms with Gasteiger partial charge >= 0.3 is 0 Å². The highest BCUT2D eigenvalue weighted by Gasteiger charge is 2.45. The number of pyridine rings is 1. The zero-order chi connectivity index (χ0) is 21.0. The summed E-state index contributed by atoms with van der Waals surface area (Å²) in [4.78, 5) is 4.36. The van der Waals surface area contributed by atoms with Crippen LogP contribution >= 0.6 is 11.6 Å². The number of hydrogen-bond donors (Lipinski definition) is 4. The number of ether oxygens (including phenoxy) is 1. The summed E-state index contributed by atoms with van der Waals surface area (Å²) in [5.74, 6) is 0.272. The van der Waals surface area contributed by atoms with Gasteiger partial charge in [-0.3, -0.25) is 0 Å². The monoisotopic (exact) mass is 432 g/mol. The van der Waals surface area contributed by atoms with E-state index in [-0.39, 0.29) is 5.82 Å². The van der Waals surface area contributed by atoms with Gasteiger partial charge in [-0.25, -0.2) is 9.37 Å². The number of hydrogen-bond acceptors (Lipinski definition) is 6. The van der Waals surface area contributed by atoms with E-state index in [1.54, 1.807) is 29.1 Å². The third kappa shape index (κ3) is 3.02. The van der Waals surface area contributed by atoms with E-state index in [0.717, 1.165) is 5.56 Å². The summed E-state index contributed by atoms with van der Waals surface area (Å²) in [6.45, 7) is 1.20. The molecule has 1 saturated carbocycles. The van der Waals surface area contributed by atoms with Gasteiger partial charge in [-0.1, -0.05) is 11.6 Å². The van der Waals surface area contributed by atoms with Gasteiger partial charge in [0.2, 0.25) is 0 Å². The Balaban J connectivity index is 1.46. The maximum absolute atomic E-state index is 14.2. The van der Waals surface area contributed by atoms with Gasteiger partial charge in [0.25, 0.3) is 0 Å². The fraction of sp³-hybridized carbons (Fsp3) is 0.381. The molecule has 158 valence electrons. The van der Waals surface area contributed by atoms with Crippen LogP contribution in [0.2, 0.25) is 5.02 Å². The Bertz CT molecular complexity index is 1120. The predicted octanol–water partition coefficient (Wildman–Crippen LogP) is 2.17. The van der Waals surface area contributed by atoms with Gasteiger partial charge in [-0.05, 0) is 36.7 Å². The van der Waals surface area contributed by atoms with Gasteiger partial charge in [0.15, 0.2) is 0 Å². The lowest BCUT2D eigenvalue weighted by molar-refractivity contribution is -0.0166. The molecule has 3 heterocycles. The molecule has 3 aromatic rings. The molecule has 1 aliphatic heterocycles. The highest BCUT2D eigenvalue weighted by molar-refractivity contribution is 6.36. The van der Waals surface area contributed by atoms with Crippen molar-refractivity contribution in [1.29, 1.82) is 0 Å². The van der Waals surface area contributed by atoms with Gasteiger partial charge in [0.1, 0.15) is 35.5 Å². The van der Waals surface area contributed by atoms with Gasteiger partial charge in [0.05, 0.1) is 16.5 Å². The van der Waals surface area contributed by atoms with Gasteiger partial charge in [-0.2, -0.15) is 0 Å². The number of anilines is 1. The molecule has 1 fully saturated rings. The largest absolute Gasteiger partial charge is 0.487 e. The van der Waals surface area contributed by atoms with E-state index >= 15 is 0 Å². The summed E-state index contributed by atoms with van der Waals surface area (Å²) in [5, 5.41) is 25.7. The second-order valence-corrected chi connectivity index (χ2v) is 8.26. The number of nitrogens with two attached hydrogens (primary N) is 1. The van der Waals surface area contributed by atoms with Crippen LogP contribution < -0.4 is 15.8 Å². The molecule has 2 aromatic heterocycles. The van der Waals surface area contributed by atoms with E-state index in [9.17, 15) is 14.6 Å². The number of halogens is 2. The summed E-state index contributed by atoms with van der Waals surface area (Å²) in [6, 6.07) is 4.14. The van der Waals surface area contributed by atoms with Crippen molar-refractivity contribution >= 4 is 28.3 Å². The van der Waals surface area contributed by atoms with Crippen LogP contribution in [0.3, 0.4) is 0 Å². The molecule has 7 nitrogen and oxygen atoms in total. The summed E-state index contributed by atoms with van der Waals surface area (Å²) in [6.07, 6.45) is 1.29. The molecule has 2 unspecified atom stereocenters.